The molecule has 0 saturated carbocycles. The molecule has 3 N–H and O–H groups in total. The van der Waals surface area contributed by atoms with Gasteiger partial charge in [0.15, 0.2) is 0 Å². The standard InChI is InChI=1S/C26H34N6O4/c1-26(2,35)20-15-28-25(29-16-20)32-10-7-21(8-11-32)30(3)23(33)17-36-13-12-31-9-6-18-4-5-19(24(27)34)14-22(18)31/h4-6,9,14-16,21,35H,7-8,10-13,17H2,1-3H3,(H2,27,34). The molecule has 2 aromatic heterocycles. The number of carbonyl (C=O) groups excluding carboxylic acids is 2. The first-order chi connectivity index (χ1) is 17.1. The summed E-state index contributed by atoms with van der Waals surface area (Å²) in [6.07, 6.45) is 6.89. The second-order valence-electron chi connectivity index (χ2n) is 9.75. The Labute approximate surface area is 210 Å². The number of anilines is 1. The Balaban J connectivity index is 1.22. The van der Waals surface area contributed by atoms with E-state index in [1.165, 1.54) is 0 Å². The van der Waals surface area contributed by atoms with Gasteiger partial charge in [0.2, 0.25) is 17.8 Å². The average Bonchev–Trinajstić information content (AvgIpc) is 3.28. The van der Waals surface area contributed by atoms with E-state index in [0.29, 0.717) is 30.2 Å². The van der Waals surface area contributed by atoms with E-state index < -0.39 is 11.5 Å². The minimum Gasteiger partial charge on any atom is -0.386 e. The van der Waals surface area contributed by atoms with Crippen LogP contribution in [0.2, 0.25) is 0 Å². The van der Waals surface area contributed by atoms with Gasteiger partial charge in [-0.15, -0.1) is 0 Å². The second-order valence-corrected chi connectivity index (χ2v) is 9.75. The Bertz CT molecular complexity index is 1210. The molecule has 3 aromatic rings. The van der Waals surface area contributed by atoms with Gasteiger partial charge in [-0.05, 0) is 50.3 Å². The summed E-state index contributed by atoms with van der Waals surface area (Å²) in [5, 5.41) is 11.1. The number of hydrogen-bond acceptors (Lipinski definition) is 7. The Morgan fingerprint density at radius 1 is 1.19 bits per heavy atom. The molecule has 1 fully saturated rings. The number of benzene rings is 1. The third-order valence-corrected chi connectivity index (χ3v) is 6.79. The molecular formula is C26H34N6O4. The summed E-state index contributed by atoms with van der Waals surface area (Å²) in [6.45, 7) is 5.86. The molecule has 2 amide bonds. The van der Waals surface area contributed by atoms with Crippen molar-refractivity contribution in [2.75, 3.05) is 38.3 Å². The van der Waals surface area contributed by atoms with Gasteiger partial charge in [-0.1, -0.05) is 6.07 Å². The van der Waals surface area contributed by atoms with Crippen molar-refractivity contribution in [2.45, 2.75) is 44.9 Å². The monoisotopic (exact) mass is 494 g/mol. The molecule has 0 aliphatic carbocycles. The molecule has 3 heterocycles. The number of fused-ring (bicyclic) bond motifs is 1. The molecule has 36 heavy (non-hydrogen) atoms. The van der Waals surface area contributed by atoms with Gasteiger partial charge in [0.25, 0.3) is 0 Å². The van der Waals surface area contributed by atoms with Crippen molar-refractivity contribution in [3.05, 3.63) is 54.0 Å². The summed E-state index contributed by atoms with van der Waals surface area (Å²) in [4.78, 5) is 36.9. The number of hydrogen-bond donors (Lipinski definition) is 2. The molecule has 1 aliphatic rings. The molecule has 0 bridgehead atoms. The van der Waals surface area contributed by atoms with Gasteiger partial charge in [-0.2, -0.15) is 0 Å². The molecule has 10 nitrogen and oxygen atoms in total. The highest BCUT2D eigenvalue weighted by molar-refractivity contribution is 5.97. The van der Waals surface area contributed by atoms with Crippen LogP contribution in [0.1, 0.15) is 42.6 Å². The Kier molecular flexibility index (Phi) is 7.56. The van der Waals surface area contributed by atoms with E-state index in [2.05, 4.69) is 14.9 Å². The summed E-state index contributed by atoms with van der Waals surface area (Å²) in [5.41, 5.74) is 6.46. The number of aromatic nitrogens is 3. The van der Waals surface area contributed by atoms with Crippen molar-refractivity contribution < 1.29 is 19.4 Å². The van der Waals surface area contributed by atoms with Crippen LogP contribution in [-0.2, 0) is 21.7 Å². The maximum atomic E-state index is 12.7. The van der Waals surface area contributed by atoms with Crippen LogP contribution in [0.15, 0.2) is 42.9 Å². The summed E-state index contributed by atoms with van der Waals surface area (Å²) in [5.74, 6) is 0.128. The minimum atomic E-state index is -0.971. The number of primary amides is 1. The molecule has 1 aromatic carbocycles. The molecule has 192 valence electrons. The van der Waals surface area contributed by atoms with E-state index >= 15 is 0 Å². The summed E-state index contributed by atoms with van der Waals surface area (Å²) in [7, 11) is 1.82. The van der Waals surface area contributed by atoms with Crippen molar-refractivity contribution in [1.82, 2.24) is 19.4 Å². The molecule has 10 heteroatoms. The average molecular weight is 495 g/mol. The number of aliphatic hydroxyl groups is 1. The van der Waals surface area contributed by atoms with Crippen molar-refractivity contribution >= 4 is 28.7 Å². The number of carbonyl (C=O) groups is 2. The van der Waals surface area contributed by atoms with Crippen molar-refractivity contribution in [3.8, 4) is 0 Å². The van der Waals surface area contributed by atoms with Gasteiger partial charge in [-0.25, -0.2) is 9.97 Å². The smallest absolute Gasteiger partial charge is 0.248 e. The van der Waals surface area contributed by atoms with Gasteiger partial charge in [0, 0.05) is 68.0 Å². The zero-order chi connectivity index (χ0) is 25.9. The van der Waals surface area contributed by atoms with Crippen LogP contribution in [-0.4, -0.2) is 75.7 Å². The third kappa shape index (κ3) is 5.83. The molecule has 0 spiro atoms. The molecular weight excluding hydrogens is 460 g/mol. The van der Waals surface area contributed by atoms with Crippen LogP contribution in [0.5, 0.6) is 0 Å². The number of piperidine rings is 1. The molecule has 0 atom stereocenters. The molecule has 1 aliphatic heterocycles. The molecule has 1 saturated heterocycles. The van der Waals surface area contributed by atoms with Crippen molar-refractivity contribution in [1.29, 1.82) is 0 Å². The summed E-state index contributed by atoms with van der Waals surface area (Å²) >= 11 is 0. The number of nitrogens with two attached hydrogens (primary N) is 1. The van der Waals surface area contributed by atoms with E-state index in [-0.39, 0.29) is 18.6 Å². The molecule has 4 rings (SSSR count). The Morgan fingerprint density at radius 3 is 2.53 bits per heavy atom. The topological polar surface area (TPSA) is 127 Å². The highest BCUT2D eigenvalue weighted by Gasteiger charge is 2.27. The van der Waals surface area contributed by atoms with Crippen LogP contribution in [0.3, 0.4) is 0 Å². The maximum Gasteiger partial charge on any atom is 0.248 e. The van der Waals surface area contributed by atoms with Gasteiger partial charge < -0.3 is 29.9 Å². The van der Waals surface area contributed by atoms with Crippen LogP contribution in [0.25, 0.3) is 10.9 Å². The number of ether oxygens (including phenoxy) is 1. The van der Waals surface area contributed by atoms with Crippen LogP contribution in [0.4, 0.5) is 5.95 Å². The molecule has 0 radical (unpaired) electrons. The normalized spacial score (nSPS) is 14.8. The van der Waals surface area contributed by atoms with E-state index in [4.69, 9.17) is 10.5 Å². The lowest BCUT2D eigenvalue weighted by Gasteiger charge is -2.36. The first kappa shape index (κ1) is 25.6. The van der Waals surface area contributed by atoms with Gasteiger partial charge >= 0.3 is 0 Å². The van der Waals surface area contributed by atoms with Gasteiger partial charge in [0.1, 0.15) is 6.61 Å². The predicted octanol–water partition coefficient (Wildman–Crippen LogP) is 1.90. The quantitative estimate of drug-likeness (QED) is 0.435. The lowest BCUT2D eigenvalue weighted by molar-refractivity contribution is -0.137. The Hall–Kier alpha value is -3.50. The fraction of sp³-hybridized carbons (Fsp3) is 0.462. The lowest BCUT2D eigenvalue weighted by atomic mass is 10.0. The van der Waals surface area contributed by atoms with Crippen molar-refractivity contribution in [2.24, 2.45) is 5.73 Å². The SMILES string of the molecule is CN(C(=O)COCCn1ccc2ccc(C(N)=O)cc21)C1CCN(c2ncc(C(C)(C)O)cn2)CC1. The van der Waals surface area contributed by atoms with Gasteiger partial charge in [0.05, 0.1) is 12.2 Å². The summed E-state index contributed by atoms with van der Waals surface area (Å²) < 4.78 is 7.67. The van der Waals surface area contributed by atoms with Crippen molar-refractivity contribution in [3.63, 3.8) is 0 Å². The third-order valence-electron chi connectivity index (χ3n) is 6.79. The maximum absolute atomic E-state index is 12.7. The van der Waals surface area contributed by atoms with E-state index in [1.807, 2.05) is 29.9 Å². The van der Waals surface area contributed by atoms with Gasteiger partial charge in [-0.3, -0.25) is 9.59 Å². The summed E-state index contributed by atoms with van der Waals surface area (Å²) in [6, 6.07) is 7.46. The first-order valence-electron chi connectivity index (χ1n) is 12.2. The Morgan fingerprint density at radius 2 is 1.89 bits per heavy atom. The van der Waals surface area contributed by atoms with E-state index in [1.54, 1.807) is 43.3 Å². The number of nitrogens with zero attached hydrogens (tertiary/aromatic N) is 5. The fourth-order valence-electron chi connectivity index (χ4n) is 4.41. The lowest BCUT2D eigenvalue weighted by Crippen LogP contribution is -2.47. The highest BCUT2D eigenvalue weighted by atomic mass is 16.5. The fourth-order valence-corrected chi connectivity index (χ4v) is 4.41. The second kappa shape index (κ2) is 10.6. The first-order valence-corrected chi connectivity index (χ1v) is 12.2. The number of rotatable bonds is 9. The highest BCUT2D eigenvalue weighted by Crippen LogP contribution is 2.22. The largest absolute Gasteiger partial charge is 0.386 e. The zero-order valence-corrected chi connectivity index (χ0v) is 21.1. The molecule has 0 unspecified atom stereocenters. The number of amides is 2. The predicted molar refractivity (Wildman–Crippen MR) is 137 cm³/mol. The van der Waals surface area contributed by atoms with E-state index in [9.17, 15) is 14.7 Å². The number of likely N-dealkylation sites (N-methyl/N-ethyl adjacent to an activating group) is 1. The zero-order valence-electron chi connectivity index (χ0n) is 21.1. The minimum absolute atomic E-state index is 0.0178. The van der Waals surface area contributed by atoms with E-state index in [0.717, 1.165) is 36.8 Å². The van der Waals surface area contributed by atoms with Crippen LogP contribution < -0.4 is 10.6 Å². The van der Waals surface area contributed by atoms with Crippen LogP contribution >= 0.6 is 0 Å². The van der Waals surface area contributed by atoms with Crippen LogP contribution in [0, 0.1) is 0 Å².